The number of carbonyl (C=O) groups excluding carboxylic acids is 1. The second-order valence-electron chi connectivity index (χ2n) is 6.11. The van der Waals surface area contributed by atoms with Gasteiger partial charge in [-0.15, -0.1) is 0 Å². The quantitative estimate of drug-likeness (QED) is 0.592. The maximum absolute atomic E-state index is 13.1. The highest BCUT2D eigenvalue weighted by molar-refractivity contribution is 6.31. The summed E-state index contributed by atoms with van der Waals surface area (Å²) in [7, 11) is 0. The van der Waals surface area contributed by atoms with Gasteiger partial charge in [-0.05, 0) is 39.0 Å². The van der Waals surface area contributed by atoms with Gasteiger partial charge in [0.05, 0.1) is 12.0 Å². The number of hydrogen-bond donors (Lipinski definition) is 0. The number of ether oxygens (including phenoxy) is 2. The van der Waals surface area contributed by atoms with Crippen LogP contribution in [-0.4, -0.2) is 18.7 Å². The number of hydrogen-bond acceptors (Lipinski definition) is 5. The van der Waals surface area contributed by atoms with Crippen molar-refractivity contribution in [1.29, 1.82) is 0 Å². The van der Waals surface area contributed by atoms with Crippen LogP contribution in [0.4, 0.5) is 0 Å². The highest BCUT2D eigenvalue weighted by atomic mass is 35.5. The lowest BCUT2D eigenvalue weighted by molar-refractivity contribution is -0.150. The molecule has 2 aromatic carbocycles. The van der Waals surface area contributed by atoms with Gasteiger partial charge in [0.25, 0.3) is 0 Å². The molecule has 0 bridgehead atoms. The maximum Gasteiger partial charge on any atom is 0.347 e. The molecule has 0 aliphatic heterocycles. The predicted octanol–water partition coefficient (Wildman–Crippen LogP) is 4.75. The molecule has 1 heterocycles. The Morgan fingerprint density at radius 2 is 1.89 bits per heavy atom. The molecule has 0 saturated heterocycles. The number of carbonyl (C=O) groups is 1. The molecule has 3 aromatic rings. The Hall–Kier alpha value is -2.79. The molecule has 140 valence electrons. The van der Waals surface area contributed by atoms with E-state index in [1.54, 1.807) is 19.1 Å². The standard InChI is InChI=1S/C21H19ClO5/c1-4-25-21(24)13(3)26-20-18(23)16-11-15(22)9-10-17(16)27-19(20)14-7-5-12(2)6-8-14/h5-11,13H,4H2,1-3H3/t13-/m0/s1. The number of rotatable bonds is 5. The molecule has 0 spiro atoms. The molecule has 6 heteroatoms. The van der Waals surface area contributed by atoms with Crippen LogP contribution < -0.4 is 10.2 Å². The lowest BCUT2D eigenvalue weighted by atomic mass is 10.1. The van der Waals surface area contributed by atoms with E-state index in [4.69, 9.17) is 25.5 Å². The average molecular weight is 387 g/mol. The zero-order valence-electron chi connectivity index (χ0n) is 15.2. The largest absolute Gasteiger partial charge is 0.471 e. The van der Waals surface area contributed by atoms with Crippen LogP contribution in [0.3, 0.4) is 0 Å². The Morgan fingerprint density at radius 1 is 1.19 bits per heavy atom. The fourth-order valence-electron chi connectivity index (χ4n) is 2.64. The normalized spacial score (nSPS) is 12.0. The molecule has 1 atom stereocenters. The van der Waals surface area contributed by atoms with Gasteiger partial charge in [-0.2, -0.15) is 0 Å². The van der Waals surface area contributed by atoms with E-state index < -0.39 is 17.5 Å². The van der Waals surface area contributed by atoms with Crippen molar-refractivity contribution in [3.63, 3.8) is 0 Å². The number of aryl methyl sites for hydroxylation is 1. The summed E-state index contributed by atoms with van der Waals surface area (Å²) in [5, 5.41) is 0.687. The zero-order chi connectivity index (χ0) is 19.6. The zero-order valence-corrected chi connectivity index (χ0v) is 16.0. The minimum atomic E-state index is -0.964. The van der Waals surface area contributed by atoms with Crippen molar-refractivity contribution in [2.75, 3.05) is 6.61 Å². The average Bonchev–Trinajstić information content (AvgIpc) is 2.65. The first-order chi connectivity index (χ1) is 12.9. The van der Waals surface area contributed by atoms with Gasteiger partial charge in [0.1, 0.15) is 5.58 Å². The van der Waals surface area contributed by atoms with Gasteiger partial charge >= 0.3 is 5.97 Å². The van der Waals surface area contributed by atoms with Crippen LogP contribution in [0.25, 0.3) is 22.3 Å². The molecule has 0 saturated carbocycles. The first-order valence-electron chi connectivity index (χ1n) is 8.57. The molecule has 0 N–H and O–H groups in total. The number of fused-ring (bicyclic) bond motifs is 1. The summed E-state index contributed by atoms with van der Waals surface area (Å²) >= 11 is 6.02. The Morgan fingerprint density at radius 3 is 2.56 bits per heavy atom. The first-order valence-corrected chi connectivity index (χ1v) is 8.95. The van der Waals surface area contributed by atoms with Crippen molar-refractivity contribution in [2.24, 2.45) is 0 Å². The number of halogens is 1. The first kappa shape index (κ1) is 19.0. The maximum atomic E-state index is 13.1. The van der Waals surface area contributed by atoms with Crippen LogP contribution in [-0.2, 0) is 9.53 Å². The van der Waals surface area contributed by atoms with Crippen molar-refractivity contribution in [3.8, 4) is 17.1 Å². The molecule has 0 aliphatic carbocycles. The molecule has 0 unspecified atom stereocenters. The third-order valence-corrected chi connectivity index (χ3v) is 4.27. The molecule has 3 rings (SSSR count). The monoisotopic (exact) mass is 386 g/mol. The lowest BCUT2D eigenvalue weighted by Gasteiger charge is -2.16. The van der Waals surface area contributed by atoms with E-state index in [1.165, 1.54) is 13.0 Å². The highest BCUT2D eigenvalue weighted by Crippen LogP contribution is 2.32. The Kier molecular flexibility index (Phi) is 5.51. The van der Waals surface area contributed by atoms with E-state index in [0.717, 1.165) is 5.56 Å². The summed E-state index contributed by atoms with van der Waals surface area (Å²) in [6.07, 6.45) is -0.964. The fourth-order valence-corrected chi connectivity index (χ4v) is 2.81. The molecular formula is C21H19ClO5. The van der Waals surface area contributed by atoms with Crippen molar-refractivity contribution < 1.29 is 18.7 Å². The second kappa shape index (κ2) is 7.84. The Balaban J connectivity index is 2.19. The Bertz CT molecular complexity index is 1040. The van der Waals surface area contributed by atoms with Crippen LogP contribution in [0, 0.1) is 6.92 Å². The van der Waals surface area contributed by atoms with Gasteiger partial charge in [0.2, 0.25) is 11.2 Å². The van der Waals surface area contributed by atoms with E-state index >= 15 is 0 Å². The molecule has 5 nitrogen and oxygen atoms in total. The van der Waals surface area contributed by atoms with Crippen LogP contribution in [0.1, 0.15) is 19.4 Å². The van der Waals surface area contributed by atoms with Crippen molar-refractivity contribution in [1.82, 2.24) is 0 Å². The third kappa shape index (κ3) is 3.98. The van der Waals surface area contributed by atoms with E-state index in [-0.39, 0.29) is 23.5 Å². The van der Waals surface area contributed by atoms with Crippen LogP contribution >= 0.6 is 11.6 Å². The van der Waals surface area contributed by atoms with Gasteiger partial charge in [0.15, 0.2) is 11.9 Å². The minimum Gasteiger partial charge on any atom is -0.471 e. The number of esters is 1. The molecule has 0 aliphatic rings. The van der Waals surface area contributed by atoms with Crippen LogP contribution in [0.15, 0.2) is 51.7 Å². The second-order valence-corrected chi connectivity index (χ2v) is 6.54. The molecule has 1 aromatic heterocycles. The summed E-state index contributed by atoms with van der Waals surface area (Å²) in [6.45, 7) is 5.41. The van der Waals surface area contributed by atoms with E-state index in [0.29, 0.717) is 16.2 Å². The van der Waals surface area contributed by atoms with E-state index in [9.17, 15) is 9.59 Å². The van der Waals surface area contributed by atoms with Crippen molar-refractivity contribution in [2.45, 2.75) is 26.9 Å². The minimum absolute atomic E-state index is 0.0471. The van der Waals surface area contributed by atoms with Crippen molar-refractivity contribution in [3.05, 3.63) is 63.3 Å². The molecule has 0 radical (unpaired) electrons. The summed E-state index contributed by atoms with van der Waals surface area (Å²) in [5.41, 5.74) is 1.72. The molecule has 0 fully saturated rings. The Labute approximate surface area is 161 Å². The van der Waals surface area contributed by atoms with Gasteiger partial charge in [0, 0.05) is 10.6 Å². The fraction of sp³-hybridized carbons (Fsp3) is 0.238. The smallest absolute Gasteiger partial charge is 0.347 e. The van der Waals surface area contributed by atoms with Crippen LogP contribution in [0.5, 0.6) is 5.75 Å². The SMILES string of the molecule is CCOC(=O)[C@H](C)Oc1c(-c2ccc(C)cc2)oc2ccc(Cl)cc2c1=O. The topological polar surface area (TPSA) is 65.7 Å². The van der Waals surface area contributed by atoms with Gasteiger partial charge in [-0.25, -0.2) is 4.79 Å². The van der Waals surface area contributed by atoms with Gasteiger partial charge < -0.3 is 13.9 Å². The van der Waals surface area contributed by atoms with Gasteiger partial charge in [-0.1, -0.05) is 41.4 Å². The number of benzene rings is 2. The highest BCUT2D eigenvalue weighted by Gasteiger charge is 2.23. The third-order valence-electron chi connectivity index (χ3n) is 4.04. The summed E-state index contributed by atoms with van der Waals surface area (Å²) in [6, 6.07) is 12.3. The van der Waals surface area contributed by atoms with E-state index in [1.807, 2.05) is 31.2 Å². The van der Waals surface area contributed by atoms with E-state index in [2.05, 4.69) is 0 Å². The summed E-state index contributed by atoms with van der Waals surface area (Å²) in [5.74, 6) is -0.349. The summed E-state index contributed by atoms with van der Waals surface area (Å²) in [4.78, 5) is 25.0. The molecule has 0 amide bonds. The van der Waals surface area contributed by atoms with Crippen LogP contribution in [0.2, 0.25) is 5.02 Å². The summed E-state index contributed by atoms with van der Waals surface area (Å²) < 4.78 is 16.6. The van der Waals surface area contributed by atoms with Crippen molar-refractivity contribution >= 4 is 28.5 Å². The lowest BCUT2D eigenvalue weighted by Crippen LogP contribution is -2.28. The van der Waals surface area contributed by atoms with Gasteiger partial charge in [-0.3, -0.25) is 4.79 Å². The predicted molar refractivity (Wildman–Crippen MR) is 104 cm³/mol. The molecule has 27 heavy (non-hydrogen) atoms. The molecular weight excluding hydrogens is 368 g/mol.